The minimum atomic E-state index is -0.975. The highest BCUT2D eigenvalue weighted by Crippen LogP contribution is 2.04. The zero-order valence-electron chi connectivity index (χ0n) is 11.3. The zero-order chi connectivity index (χ0) is 15.7. The molecule has 1 rings (SSSR count). The van der Waals surface area contributed by atoms with Crippen LogP contribution in [-0.4, -0.2) is 42.9 Å². The second-order valence-corrected chi connectivity index (χ2v) is 4.10. The Labute approximate surface area is 121 Å². The van der Waals surface area contributed by atoms with Crippen LogP contribution in [0.2, 0.25) is 0 Å². The predicted octanol–water partition coefficient (Wildman–Crippen LogP) is 0.322. The van der Waals surface area contributed by atoms with E-state index in [0.29, 0.717) is 13.0 Å². The molecule has 0 atom stereocenters. The molecular formula is C13H17N3O5. The number of ether oxygens (including phenoxy) is 1. The highest BCUT2D eigenvalue weighted by Gasteiger charge is 2.03. The van der Waals surface area contributed by atoms with Crippen molar-refractivity contribution in [3.63, 3.8) is 0 Å². The average molecular weight is 295 g/mol. The van der Waals surface area contributed by atoms with Gasteiger partial charge in [-0.2, -0.15) is 0 Å². The Bertz CT molecular complexity index is 501. The number of nitrogens with two attached hydrogens (primary N) is 1. The lowest BCUT2D eigenvalue weighted by atomic mass is 10.1. The molecule has 21 heavy (non-hydrogen) atoms. The number of benzene rings is 1. The summed E-state index contributed by atoms with van der Waals surface area (Å²) in [5, 5.41) is 13.9. The van der Waals surface area contributed by atoms with Crippen molar-refractivity contribution >= 4 is 18.1 Å². The Hall–Kier alpha value is -2.77. The van der Waals surface area contributed by atoms with E-state index in [1.165, 1.54) is 12.1 Å². The van der Waals surface area contributed by atoms with Gasteiger partial charge in [-0.1, -0.05) is 12.1 Å². The molecule has 8 nitrogen and oxygen atoms in total. The van der Waals surface area contributed by atoms with Gasteiger partial charge in [0.15, 0.2) is 0 Å². The van der Waals surface area contributed by atoms with Crippen LogP contribution in [0, 0.1) is 0 Å². The van der Waals surface area contributed by atoms with Crippen LogP contribution >= 0.6 is 0 Å². The van der Waals surface area contributed by atoms with Crippen molar-refractivity contribution in [1.29, 1.82) is 0 Å². The largest absolute Gasteiger partial charge is 0.478 e. The maximum atomic E-state index is 11.3. The molecule has 0 aliphatic heterocycles. The number of carbonyl (C=O) groups is 3. The van der Waals surface area contributed by atoms with E-state index in [2.05, 4.69) is 15.4 Å². The number of amides is 3. The molecule has 1 aromatic rings. The molecule has 0 aliphatic rings. The SMILES string of the molecule is NC(=O)OCCNC(=O)NCCc1ccc(C(=O)O)cc1. The topological polar surface area (TPSA) is 131 Å². The predicted molar refractivity (Wildman–Crippen MR) is 74.0 cm³/mol. The van der Waals surface area contributed by atoms with Crippen molar-refractivity contribution in [3.8, 4) is 0 Å². The summed E-state index contributed by atoms with van der Waals surface area (Å²) in [6, 6.07) is 6.04. The number of hydrogen-bond acceptors (Lipinski definition) is 4. The Morgan fingerprint density at radius 1 is 1.10 bits per heavy atom. The first-order valence-electron chi connectivity index (χ1n) is 6.25. The molecule has 0 heterocycles. The van der Waals surface area contributed by atoms with Gasteiger partial charge < -0.3 is 26.2 Å². The van der Waals surface area contributed by atoms with Crippen LogP contribution in [0.5, 0.6) is 0 Å². The van der Waals surface area contributed by atoms with E-state index in [9.17, 15) is 14.4 Å². The number of primary amides is 1. The summed E-state index contributed by atoms with van der Waals surface area (Å²) in [6.07, 6.45) is -0.313. The summed E-state index contributed by atoms with van der Waals surface area (Å²) < 4.78 is 4.44. The third kappa shape index (κ3) is 6.81. The number of carboxylic acids is 1. The fraction of sp³-hybridized carbons (Fsp3) is 0.308. The van der Waals surface area contributed by atoms with Gasteiger partial charge in [-0.15, -0.1) is 0 Å². The maximum absolute atomic E-state index is 11.3. The number of carbonyl (C=O) groups excluding carboxylic acids is 2. The van der Waals surface area contributed by atoms with Gasteiger partial charge in [0.1, 0.15) is 6.61 Å². The zero-order valence-corrected chi connectivity index (χ0v) is 11.3. The van der Waals surface area contributed by atoms with Crippen molar-refractivity contribution in [2.24, 2.45) is 5.73 Å². The lowest BCUT2D eigenvalue weighted by molar-refractivity contribution is 0.0696. The van der Waals surface area contributed by atoms with Crippen molar-refractivity contribution in [3.05, 3.63) is 35.4 Å². The summed E-state index contributed by atoms with van der Waals surface area (Å²) >= 11 is 0. The first kappa shape index (κ1) is 16.3. The highest BCUT2D eigenvalue weighted by atomic mass is 16.5. The van der Waals surface area contributed by atoms with Crippen molar-refractivity contribution < 1.29 is 24.2 Å². The maximum Gasteiger partial charge on any atom is 0.404 e. The molecule has 0 saturated heterocycles. The number of carboxylic acid groups (broad SMARTS) is 1. The van der Waals surface area contributed by atoms with Gasteiger partial charge in [0, 0.05) is 6.54 Å². The van der Waals surface area contributed by atoms with Crippen LogP contribution in [0.1, 0.15) is 15.9 Å². The smallest absolute Gasteiger partial charge is 0.404 e. The van der Waals surface area contributed by atoms with Crippen LogP contribution < -0.4 is 16.4 Å². The second kappa shape index (κ2) is 8.41. The van der Waals surface area contributed by atoms with E-state index >= 15 is 0 Å². The summed E-state index contributed by atoms with van der Waals surface area (Å²) in [6.45, 7) is 0.580. The Morgan fingerprint density at radius 3 is 2.29 bits per heavy atom. The average Bonchev–Trinajstić information content (AvgIpc) is 2.44. The third-order valence-corrected chi connectivity index (χ3v) is 2.53. The molecule has 3 amide bonds. The summed E-state index contributed by atoms with van der Waals surface area (Å²) in [7, 11) is 0. The molecule has 0 aliphatic carbocycles. The number of nitrogens with one attached hydrogen (secondary N) is 2. The van der Waals surface area contributed by atoms with Gasteiger partial charge in [-0.05, 0) is 24.1 Å². The molecule has 1 aromatic carbocycles. The van der Waals surface area contributed by atoms with Gasteiger partial charge in [-0.25, -0.2) is 14.4 Å². The molecule has 0 aromatic heterocycles. The molecule has 0 unspecified atom stereocenters. The molecule has 0 bridgehead atoms. The molecule has 114 valence electrons. The van der Waals surface area contributed by atoms with Gasteiger partial charge in [0.25, 0.3) is 0 Å². The molecule has 0 radical (unpaired) electrons. The lowest BCUT2D eigenvalue weighted by Gasteiger charge is -2.07. The quantitative estimate of drug-likeness (QED) is 0.538. The van der Waals surface area contributed by atoms with Crippen LogP contribution in [0.4, 0.5) is 9.59 Å². The van der Waals surface area contributed by atoms with E-state index in [1.807, 2.05) is 0 Å². The van der Waals surface area contributed by atoms with Gasteiger partial charge in [0.05, 0.1) is 12.1 Å². The van der Waals surface area contributed by atoms with Crippen molar-refractivity contribution in [1.82, 2.24) is 10.6 Å². The van der Waals surface area contributed by atoms with Gasteiger partial charge >= 0.3 is 18.1 Å². The Morgan fingerprint density at radius 2 is 1.71 bits per heavy atom. The molecule has 5 N–H and O–H groups in total. The van der Waals surface area contributed by atoms with Crippen molar-refractivity contribution in [2.45, 2.75) is 6.42 Å². The Balaban J connectivity index is 2.19. The number of urea groups is 1. The highest BCUT2D eigenvalue weighted by molar-refractivity contribution is 5.87. The van der Waals surface area contributed by atoms with E-state index in [0.717, 1.165) is 5.56 Å². The molecule has 0 spiro atoms. The minimum absolute atomic E-state index is 0.0133. The third-order valence-electron chi connectivity index (χ3n) is 2.53. The van der Waals surface area contributed by atoms with E-state index < -0.39 is 12.1 Å². The number of hydrogen-bond donors (Lipinski definition) is 4. The van der Waals surface area contributed by atoms with Crippen LogP contribution in [0.25, 0.3) is 0 Å². The van der Waals surface area contributed by atoms with Crippen LogP contribution in [-0.2, 0) is 11.2 Å². The fourth-order valence-electron chi connectivity index (χ4n) is 1.51. The fourth-order valence-corrected chi connectivity index (χ4v) is 1.51. The summed E-state index contributed by atoms with van der Waals surface area (Å²) in [5.74, 6) is -0.975. The minimum Gasteiger partial charge on any atom is -0.478 e. The van der Waals surface area contributed by atoms with E-state index in [4.69, 9.17) is 10.8 Å². The molecule has 8 heteroatoms. The van der Waals surface area contributed by atoms with E-state index in [-0.39, 0.29) is 24.7 Å². The van der Waals surface area contributed by atoms with Gasteiger partial charge in [-0.3, -0.25) is 0 Å². The number of rotatable bonds is 7. The van der Waals surface area contributed by atoms with Crippen molar-refractivity contribution in [2.75, 3.05) is 19.7 Å². The van der Waals surface area contributed by atoms with Gasteiger partial charge in [0.2, 0.25) is 0 Å². The first-order chi connectivity index (χ1) is 9.99. The first-order valence-corrected chi connectivity index (χ1v) is 6.25. The monoisotopic (exact) mass is 295 g/mol. The Kier molecular flexibility index (Phi) is 6.52. The summed E-state index contributed by atoms with van der Waals surface area (Å²) in [4.78, 5) is 32.3. The molecule has 0 saturated carbocycles. The lowest BCUT2D eigenvalue weighted by Crippen LogP contribution is -2.38. The van der Waals surface area contributed by atoms with Crippen LogP contribution in [0.3, 0.4) is 0 Å². The van der Waals surface area contributed by atoms with E-state index in [1.54, 1.807) is 12.1 Å². The molecular weight excluding hydrogens is 278 g/mol. The summed E-state index contributed by atoms with van der Waals surface area (Å²) in [5.41, 5.74) is 5.89. The standard InChI is InChI=1S/C13H17N3O5/c14-12(19)21-8-7-16-13(20)15-6-5-9-1-3-10(4-2-9)11(17)18/h1-4H,5-8H2,(H2,14,19)(H,17,18)(H2,15,16,20). The number of aromatic carboxylic acids is 1. The van der Waals surface area contributed by atoms with Crippen LogP contribution in [0.15, 0.2) is 24.3 Å². The normalized spacial score (nSPS) is 9.71. The molecule has 0 fully saturated rings. The second-order valence-electron chi connectivity index (χ2n) is 4.10.